The highest BCUT2D eigenvalue weighted by atomic mass is 16.5. The molecule has 2 aliphatic rings. The molecule has 17 heavy (non-hydrogen) atoms. The third kappa shape index (κ3) is 1.11. The van der Waals surface area contributed by atoms with E-state index < -0.39 is 22.9 Å². The van der Waals surface area contributed by atoms with E-state index in [-0.39, 0.29) is 17.5 Å². The Morgan fingerprint density at radius 1 is 1.35 bits per heavy atom. The fourth-order valence-electron chi connectivity index (χ4n) is 3.63. The molecule has 2 saturated carbocycles. The van der Waals surface area contributed by atoms with Crippen molar-refractivity contribution in [1.82, 2.24) is 0 Å². The summed E-state index contributed by atoms with van der Waals surface area (Å²) in [5, 5.41) is 9.50. The SMILES string of the molecule is CO[C@]1(C)C[C@@H]2C(=O)C(C)C(=O)C(C)[C@]21C#N. The van der Waals surface area contributed by atoms with Crippen molar-refractivity contribution < 1.29 is 14.3 Å². The highest BCUT2D eigenvalue weighted by Crippen LogP contribution is 2.63. The lowest BCUT2D eigenvalue weighted by molar-refractivity contribution is -0.220. The van der Waals surface area contributed by atoms with Crippen molar-refractivity contribution in [1.29, 1.82) is 5.26 Å². The minimum Gasteiger partial charge on any atom is -0.377 e. The topological polar surface area (TPSA) is 67.2 Å². The monoisotopic (exact) mass is 235 g/mol. The van der Waals surface area contributed by atoms with Crippen LogP contribution in [0.3, 0.4) is 0 Å². The fraction of sp³-hybridized carbons (Fsp3) is 0.769. The van der Waals surface area contributed by atoms with E-state index in [4.69, 9.17) is 4.74 Å². The van der Waals surface area contributed by atoms with Gasteiger partial charge in [0.1, 0.15) is 17.0 Å². The highest BCUT2D eigenvalue weighted by Gasteiger charge is 2.73. The standard InChI is InChI=1S/C13H17NO3/c1-7-10(15)8(2)13(6-14)9(11(7)16)5-12(13,3)17-4/h7-9H,5H2,1-4H3/t7?,8?,9-,12-,13-/m1/s1. The van der Waals surface area contributed by atoms with Crippen LogP contribution in [0.15, 0.2) is 0 Å². The molecule has 2 aliphatic carbocycles. The highest BCUT2D eigenvalue weighted by molar-refractivity contribution is 6.08. The normalized spacial score (nSPS) is 49.2. The van der Waals surface area contributed by atoms with Gasteiger partial charge in [0.2, 0.25) is 0 Å². The van der Waals surface area contributed by atoms with Gasteiger partial charge in [0.25, 0.3) is 0 Å². The van der Waals surface area contributed by atoms with Crippen molar-refractivity contribution in [2.24, 2.45) is 23.2 Å². The van der Waals surface area contributed by atoms with Crippen LogP contribution < -0.4 is 0 Å². The molecule has 0 spiro atoms. The van der Waals surface area contributed by atoms with E-state index >= 15 is 0 Å². The number of ether oxygens (including phenoxy) is 1. The van der Waals surface area contributed by atoms with Gasteiger partial charge in [0, 0.05) is 18.9 Å². The Morgan fingerprint density at radius 3 is 2.41 bits per heavy atom. The van der Waals surface area contributed by atoms with Crippen LogP contribution >= 0.6 is 0 Å². The van der Waals surface area contributed by atoms with E-state index in [1.54, 1.807) is 13.8 Å². The predicted octanol–water partition coefficient (Wildman–Crippen LogP) is 1.35. The first-order chi connectivity index (χ1) is 7.85. The number of carbonyl (C=O) groups is 2. The van der Waals surface area contributed by atoms with Gasteiger partial charge < -0.3 is 4.74 Å². The summed E-state index contributed by atoms with van der Waals surface area (Å²) in [4.78, 5) is 24.1. The van der Waals surface area contributed by atoms with Gasteiger partial charge in [-0.2, -0.15) is 5.26 Å². The summed E-state index contributed by atoms with van der Waals surface area (Å²) < 4.78 is 5.41. The number of nitrogens with zero attached hydrogens (tertiary/aromatic N) is 1. The smallest absolute Gasteiger partial charge is 0.147 e. The van der Waals surface area contributed by atoms with E-state index in [1.807, 2.05) is 6.92 Å². The molecule has 0 saturated heterocycles. The average molecular weight is 235 g/mol. The molecule has 0 aromatic heterocycles. The summed E-state index contributed by atoms with van der Waals surface area (Å²) in [6, 6.07) is 2.22. The molecule has 4 nitrogen and oxygen atoms in total. The minimum absolute atomic E-state index is 0.0934. The van der Waals surface area contributed by atoms with Gasteiger partial charge >= 0.3 is 0 Å². The lowest BCUT2D eigenvalue weighted by Crippen LogP contribution is -2.72. The summed E-state index contributed by atoms with van der Waals surface area (Å²) in [5.74, 6) is -1.58. The maximum absolute atomic E-state index is 12.1. The van der Waals surface area contributed by atoms with Crippen LogP contribution in [0.5, 0.6) is 0 Å². The third-order valence-electron chi connectivity index (χ3n) is 4.96. The molecule has 0 aromatic rings. The number of nitriles is 1. The molecular formula is C13H17NO3. The van der Waals surface area contributed by atoms with E-state index in [9.17, 15) is 14.9 Å². The number of ketones is 2. The van der Waals surface area contributed by atoms with Crippen molar-refractivity contribution in [2.75, 3.05) is 7.11 Å². The number of hydrogen-bond donors (Lipinski definition) is 0. The Morgan fingerprint density at radius 2 is 1.94 bits per heavy atom. The first kappa shape index (κ1) is 12.3. The van der Waals surface area contributed by atoms with Gasteiger partial charge in [-0.15, -0.1) is 0 Å². The van der Waals surface area contributed by atoms with Crippen molar-refractivity contribution in [3.8, 4) is 6.07 Å². The summed E-state index contributed by atoms with van der Waals surface area (Å²) in [5.41, 5.74) is -1.65. The van der Waals surface area contributed by atoms with Gasteiger partial charge in [0.15, 0.2) is 0 Å². The molecule has 0 N–H and O–H groups in total. The second kappa shape index (κ2) is 3.39. The first-order valence-corrected chi connectivity index (χ1v) is 5.89. The van der Waals surface area contributed by atoms with Gasteiger partial charge in [-0.25, -0.2) is 0 Å². The van der Waals surface area contributed by atoms with Gasteiger partial charge in [-0.05, 0) is 20.3 Å². The zero-order valence-corrected chi connectivity index (χ0v) is 10.6. The van der Waals surface area contributed by atoms with Crippen LogP contribution in [-0.4, -0.2) is 24.3 Å². The van der Waals surface area contributed by atoms with Crippen LogP contribution in [0.4, 0.5) is 0 Å². The molecule has 0 bridgehead atoms. The largest absolute Gasteiger partial charge is 0.377 e. The quantitative estimate of drug-likeness (QED) is 0.643. The molecule has 2 unspecified atom stereocenters. The minimum atomic E-state index is -0.970. The van der Waals surface area contributed by atoms with E-state index in [0.717, 1.165) is 0 Å². The number of methoxy groups -OCH3 is 1. The lowest BCUT2D eigenvalue weighted by Gasteiger charge is -2.62. The number of Topliss-reactive ketones (excluding diaryl/α,β-unsaturated/α-hetero) is 2. The van der Waals surface area contributed by atoms with E-state index in [2.05, 4.69) is 6.07 Å². The molecule has 2 fully saturated rings. The van der Waals surface area contributed by atoms with E-state index in [0.29, 0.717) is 6.42 Å². The number of fused-ring (bicyclic) bond motifs is 1. The van der Waals surface area contributed by atoms with Crippen LogP contribution in [0, 0.1) is 34.5 Å². The molecule has 4 heteroatoms. The summed E-state index contributed by atoms with van der Waals surface area (Å²) >= 11 is 0. The Hall–Kier alpha value is -1.21. The average Bonchev–Trinajstić information content (AvgIpc) is 2.32. The fourth-order valence-corrected chi connectivity index (χ4v) is 3.63. The molecule has 0 radical (unpaired) electrons. The number of rotatable bonds is 1. The van der Waals surface area contributed by atoms with Gasteiger partial charge in [-0.3, -0.25) is 9.59 Å². The van der Waals surface area contributed by atoms with Crippen molar-refractivity contribution in [3.05, 3.63) is 0 Å². The molecule has 0 heterocycles. The van der Waals surface area contributed by atoms with Crippen molar-refractivity contribution in [2.45, 2.75) is 32.8 Å². The first-order valence-electron chi connectivity index (χ1n) is 5.89. The van der Waals surface area contributed by atoms with Crippen LogP contribution in [0.2, 0.25) is 0 Å². The second-order valence-electron chi connectivity index (χ2n) is 5.42. The third-order valence-corrected chi connectivity index (χ3v) is 4.96. The Balaban J connectivity index is 2.53. The van der Waals surface area contributed by atoms with Crippen LogP contribution in [0.25, 0.3) is 0 Å². The molecule has 0 aromatic carbocycles. The Kier molecular flexibility index (Phi) is 2.45. The van der Waals surface area contributed by atoms with Crippen LogP contribution in [0.1, 0.15) is 27.2 Å². The summed E-state index contributed by atoms with van der Waals surface area (Å²) in [6.07, 6.45) is 0.540. The number of hydrogen-bond acceptors (Lipinski definition) is 4. The Labute approximate surface area is 101 Å². The predicted molar refractivity (Wildman–Crippen MR) is 59.9 cm³/mol. The zero-order valence-electron chi connectivity index (χ0n) is 10.6. The molecular weight excluding hydrogens is 218 g/mol. The van der Waals surface area contributed by atoms with Crippen molar-refractivity contribution in [3.63, 3.8) is 0 Å². The maximum Gasteiger partial charge on any atom is 0.147 e. The van der Waals surface area contributed by atoms with Crippen LogP contribution in [-0.2, 0) is 14.3 Å². The van der Waals surface area contributed by atoms with E-state index in [1.165, 1.54) is 7.11 Å². The summed E-state index contributed by atoms with van der Waals surface area (Å²) in [7, 11) is 1.54. The van der Waals surface area contributed by atoms with Crippen molar-refractivity contribution >= 4 is 11.6 Å². The molecule has 2 rings (SSSR count). The summed E-state index contributed by atoms with van der Waals surface area (Å²) in [6.45, 7) is 5.21. The lowest BCUT2D eigenvalue weighted by atomic mass is 9.41. The maximum atomic E-state index is 12.1. The molecule has 5 atom stereocenters. The molecule has 92 valence electrons. The van der Waals surface area contributed by atoms with Gasteiger partial charge in [-0.1, -0.05) is 6.92 Å². The second-order valence-corrected chi connectivity index (χ2v) is 5.42. The molecule has 0 aliphatic heterocycles. The van der Waals surface area contributed by atoms with Gasteiger partial charge in [0.05, 0.1) is 17.6 Å². The number of carbonyl (C=O) groups excluding carboxylic acids is 2. The Bertz CT molecular complexity index is 418. The zero-order chi connectivity index (χ0) is 13.0. The molecule has 0 amide bonds.